The van der Waals surface area contributed by atoms with Gasteiger partial charge >= 0.3 is 6.09 Å². The van der Waals surface area contributed by atoms with Gasteiger partial charge < -0.3 is 14.6 Å². The van der Waals surface area contributed by atoms with Crippen LogP contribution in [0.3, 0.4) is 0 Å². The fourth-order valence-corrected chi connectivity index (χ4v) is 3.80. The molecule has 1 amide bonds. The van der Waals surface area contributed by atoms with Crippen LogP contribution in [0, 0.1) is 0 Å². The van der Waals surface area contributed by atoms with E-state index in [9.17, 15) is 9.90 Å². The number of benzene rings is 3. The number of β-amino-alcohol motifs (C(OH)–C–C–N with tert-alkyl or cyclic N) is 1. The number of aliphatic hydroxyl groups is 1. The quantitative estimate of drug-likeness (QED) is 0.660. The van der Waals surface area contributed by atoms with Gasteiger partial charge in [-0.25, -0.2) is 4.79 Å². The minimum absolute atomic E-state index is 0.193. The van der Waals surface area contributed by atoms with Crippen LogP contribution in [0.4, 0.5) is 10.5 Å². The number of hydrogen-bond donors (Lipinski definition) is 1. The van der Waals surface area contributed by atoms with E-state index in [0.717, 1.165) is 27.6 Å². The normalized spacial score (nSPS) is 16.3. The number of nitrogens with zero attached hydrogens (tertiary/aromatic N) is 1. The maximum atomic E-state index is 12.9. The SMILES string of the molecule is CC(C)(C)OC(=O)N1CC(O)Cc2c1cc(OCc1ccccc1)c1ccccc21. The lowest BCUT2D eigenvalue weighted by atomic mass is 9.93. The predicted molar refractivity (Wildman–Crippen MR) is 118 cm³/mol. The molecule has 1 aliphatic heterocycles. The van der Waals surface area contributed by atoms with Crippen molar-refractivity contribution in [3.8, 4) is 5.75 Å². The average molecular weight is 405 g/mol. The summed E-state index contributed by atoms with van der Waals surface area (Å²) in [5.41, 5.74) is 2.11. The van der Waals surface area contributed by atoms with Crippen LogP contribution in [0.1, 0.15) is 31.9 Å². The molecule has 0 saturated heterocycles. The molecule has 0 aromatic heterocycles. The van der Waals surface area contributed by atoms with Gasteiger partial charge in [-0.2, -0.15) is 0 Å². The molecule has 156 valence electrons. The van der Waals surface area contributed by atoms with Gasteiger partial charge in [0, 0.05) is 17.9 Å². The molecular formula is C25H27NO4. The van der Waals surface area contributed by atoms with Gasteiger partial charge in [-0.05, 0) is 37.3 Å². The summed E-state index contributed by atoms with van der Waals surface area (Å²) in [6, 6.07) is 19.8. The minimum atomic E-state index is -0.649. The van der Waals surface area contributed by atoms with Gasteiger partial charge in [-0.1, -0.05) is 54.6 Å². The Hall–Kier alpha value is -3.05. The molecular weight excluding hydrogens is 378 g/mol. The molecule has 0 bridgehead atoms. The average Bonchev–Trinajstić information content (AvgIpc) is 2.71. The van der Waals surface area contributed by atoms with Crippen LogP contribution in [-0.2, 0) is 17.8 Å². The maximum absolute atomic E-state index is 12.9. The molecule has 0 aliphatic carbocycles. The summed E-state index contributed by atoms with van der Waals surface area (Å²) in [4.78, 5) is 14.4. The van der Waals surface area contributed by atoms with Crippen LogP contribution in [0.25, 0.3) is 10.8 Å². The van der Waals surface area contributed by atoms with E-state index in [0.29, 0.717) is 18.8 Å². The molecule has 3 aromatic rings. The van der Waals surface area contributed by atoms with Crippen molar-refractivity contribution in [3.63, 3.8) is 0 Å². The van der Waals surface area contributed by atoms with Gasteiger partial charge in [0.25, 0.3) is 0 Å². The molecule has 1 heterocycles. The van der Waals surface area contributed by atoms with Crippen molar-refractivity contribution < 1.29 is 19.4 Å². The van der Waals surface area contributed by atoms with Crippen molar-refractivity contribution in [2.45, 2.75) is 45.5 Å². The number of amides is 1. The monoisotopic (exact) mass is 405 g/mol. The van der Waals surface area contributed by atoms with Crippen molar-refractivity contribution in [1.29, 1.82) is 0 Å². The topological polar surface area (TPSA) is 59.0 Å². The van der Waals surface area contributed by atoms with E-state index < -0.39 is 17.8 Å². The second kappa shape index (κ2) is 8.00. The fraction of sp³-hybridized carbons (Fsp3) is 0.320. The number of carbonyl (C=O) groups is 1. The summed E-state index contributed by atoms with van der Waals surface area (Å²) in [6.45, 7) is 6.12. The first kappa shape index (κ1) is 20.2. The molecule has 0 saturated carbocycles. The van der Waals surface area contributed by atoms with E-state index >= 15 is 0 Å². The third kappa shape index (κ3) is 4.26. The Labute approximate surface area is 176 Å². The fourth-order valence-electron chi connectivity index (χ4n) is 3.80. The van der Waals surface area contributed by atoms with E-state index in [1.807, 2.05) is 81.4 Å². The first-order valence-corrected chi connectivity index (χ1v) is 10.2. The summed E-state index contributed by atoms with van der Waals surface area (Å²) in [7, 11) is 0. The number of aliphatic hydroxyl groups excluding tert-OH is 1. The number of rotatable bonds is 3. The third-order valence-electron chi connectivity index (χ3n) is 5.07. The molecule has 30 heavy (non-hydrogen) atoms. The Morgan fingerprint density at radius 1 is 1.07 bits per heavy atom. The highest BCUT2D eigenvalue weighted by molar-refractivity contribution is 6.00. The van der Waals surface area contributed by atoms with Gasteiger partial charge in [-0.15, -0.1) is 0 Å². The summed E-state index contributed by atoms with van der Waals surface area (Å²) < 4.78 is 11.8. The zero-order valence-corrected chi connectivity index (χ0v) is 17.6. The van der Waals surface area contributed by atoms with Crippen LogP contribution in [0.5, 0.6) is 5.75 Å². The van der Waals surface area contributed by atoms with Gasteiger partial charge in [-0.3, -0.25) is 4.90 Å². The molecule has 0 fully saturated rings. The molecule has 1 N–H and O–H groups in total. The van der Waals surface area contributed by atoms with E-state index in [1.54, 1.807) is 0 Å². The minimum Gasteiger partial charge on any atom is -0.488 e. The molecule has 3 aromatic carbocycles. The van der Waals surface area contributed by atoms with Gasteiger partial charge in [0.15, 0.2) is 0 Å². The zero-order valence-electron chi connectivity index (χ0n) is 17.6. The number of anilines is 1. The molecule has 5 heteroatoms. The lowest BCUT2D eigenvalue weighted by Gasteiger charge is -2.35. The summed E-state index contributed by atoms with van der Waals surface area (Å²) in [5.74, 6) is 0.707. The van der Waals surface area contributed by atoms with Gasteiger partial charge in [0.2, 0.25) is 0 Å². The standard InChI is InChI=1S/C25H27NO4/c1-25(2,3)30-24(28)26-15-18(27)13-21-19-11-7-8-12-20(19)23(14-22(21)26)29-16-17-9-5-4-6-10-17/h4-12,14,18,27H,13,15-16H2,1-3H3. The second-order valence-corrected chi connectivity index (χ2v) is 8.64. The highest BCUT2D eigenvalue weighted by Gasteiger charge is 2.32. The Bertz CT molecular complexity index is 1060. The molecule has 1 aliphatic rings. The van der Waals surface area contributed by atoms with Crippen LogP contribution >= 0.6 is 0 Å². The van der Waals surface area contributed by atoms with Crippen molar-refractivity contribution in [2.75, 3.05) is 11.4 Å². The highest BCUT2D eigenvalue weighted by Crippen LogP contribution is 2.40. The van der Waals surface area contributed by atoms with Crippen molar-refractivity contribution in [3.05, 3.63) is 71.8 Å². The molecule has 4 rings (SSSR count). The number of fused-ring (bicyclic) bond motifs is 3. The molecule has 0 radical (unpaired) electrons. The Balaban J connectivity index is 1.77. The first-order chi connectivity index (χ1) is 14.3. The predicted octanol–water partition coefficient (Wildman–Crippen LogP) is 5.08. The second-order valence-electron chi connectivity index (χ2n) is 8.64. The van der Waals surface area contributed by atoms with E-state index in [4.69, 9.17) is 9.47 Å². The van der Waals surface area contributed by atoms with Crippen molar-refractivity contribution in [2.24, 2.45) is 0 Å². The van der Waals surface area contributed by atoms with Crippen LogP contribution in [-0.4, -0.2) is 29.4 Å². The number of carbonyl (C=O) groups excluding carboxylic acids is 1. The molecule has 0 spiro atoms. The van der Waals surface area contributed by atoms with Gasteiger partial charge in [0.05, 0.1) is 18.3 Å². The van der Waals surface area contributed by atoms with E-state index in [1.165, 1.54) is 4.90 Å². The number of ether oxygens (including phenoxy) is 2. The smallest absolute Gasteiger partial charge is 0.414 e. The van der Waals surface area contributed by atoms with Crippen LogP contribution in [0.15, 0.2) is 60.7 Å². The Kier molecular flexibility index (Phi) is 5.39. The summed E-state index contributed by atoms with van der Waals surface area (Å²) in [6.07, 6.45) is -0.634. The van der Waals surface area contributed by atoms with E-state index in [2.05, 4.69) is 0 Å². The Morgan fingerprint density at radius 2 is 1.73 bits per heavy atom. The van der Waals surface area contributed by atoms with Gasteiger partial charge in [0.1, 0.15) is 18.0 Å². The van der Waals surface area contributed by atoms with Crippen molar-refractivity contribution in [1.82, 2.24) is 0 Å². The first-order valence-electron chi connectivity index (χ1n) is 10.2. The molecule has 5 nitrogen and oxygen atoms in total. The molecule has 1 unspecified atom stereocenters. The van der Waals surface area contributed by atoms with Crippen molar-refractivity contribution >= 4 is 22.6 Å². The van der Waals surface area contributed by atoms with Crippen LogP contribution < -0.4 is 9.64 Å². The maximum Gasteiger partial charge on any atom is 0.414 e. The highest BCUT2D eigenvalue weighted by atomic mass is 16.6. The lowest BCUT2D eigenvalue weighted by Crippen LogP contribution is -2.45. The van der Waals surface area contributed by atoms with Crippen LogP contribution in [0.2, 0.25) is 0 Å². The zero-order chi connectivity index (χ0) is 21.3. The number of hydrogen-bond acceptors (Lipinski definition) is 4. The Morgan fingerprint density at radius 3 is 2.43 bits per heavy atom. The third-order valence-corrected chi connectivity index (χ3v) is 5.07. The summed E-state index contributed by atoms with van der Waals surface area (Å²) >= 11 is 0. The molecule has 1 atom stereocenters. The van der Waals surface area contributed by atoms with E-state index in [-0.39, 0.29) is 6.54 Å². The largest absolute Gasteiger partial charge is 0.488 e. The summed E-state index contributed by atoms with van der Waals surface area (Å²) in [5, 5.41) is 12.4. The lowest BCUT2D eigenvalue weighted by molar-refractivity contribution is 0.0548.